The molecule has 3 heterocycles. The van der Waals surface area contributed by atoms with Gasteiger partial charge in [0.05, 0.1) is 33.8 Å². The van der Waals surface area contributed by atoms with Gasteiger partial charge in [0.25, 0.3) is 0 Å². The molecule has 0 saturated heterocycles. The Bertz CT molecular complexity index is 2020. The molecule has 45 heavy (non-hydrogen) atoms. The lowest BCUT2D eigenvalue weighted by atomic mass is 9.91. The molecular formula is C40H39N5. The fourth-order valence-electron chi connectivity index (χ4n) is 5.91. The van der Waals surface area contributed by atoms with Gasteiger partial charge < -0.3 is 4.90 Å². The second kappa shape index (κ2) is 13.8. The van der Waals surface area contributed by atoms with E-state index in [0.29, 0.717) is 6.54 Å². The van der Waals surface area contributed by atoms with Gasteiger partial charge in [0.15, 0.2) is 0 Å². The number of hydrogen-bond acceptors (Lipinski definition) is 4. The van der Waals surface area contributed by atoms with Crippen LogP contribution in [0.4, 0.5) is 5.69 Å². The first kappa shape index (κ1) is 30.9. The lowest BCUT2D eigenvalue weighted by Gasteiger charge is -2.34. The van der Waals surface area contributed by atoms with Crippen molar-refractivity contribution in [3.8, 4) is 16.9 Å². The van der Waals surface area contributed by atoms with E-state index in [1.54, 1.807) is 6.08 Å². The third-order valence-electron chi connectivity index (χ3n) is 7.80. The molecule has 3 aromatic carbocycles. The van der Waals surface area contributed by atoms with Crippen LogP contribution in [0.2, 0.25) is 0 Å². The molecule has 0 unspecified atom stereocenters. The Morgan fingerprint density at radius 2 is 1.60 bits per heavy atom. The number of fused-ring (bicyclic) bond motifs is 6. The number of anilines is 1. The van der Waals surface area contributed by atoms with Crippen LogP contribution in [0.15, 0.2) is 143 Å². The van der Waals surface area contributed by atoms with Crippen LogP contribution in [0, 0.1) is 0 Å². The zero-order chi connectivity index (χ0) is 31.9. The summed E-state index contributed by atoms with van der Waals surface area (Å²) < 4.78 is 2.25. The maximum absolute atomic E-state index is 5.07. The standard InChI is InChI=1S/C38H33N5.C2H6/c1-6-9-18-32(40-5)33-19-14-22-38(41-33)43-35-21-13-11-17-28(35)30-24-29-26(23-37(30)43)25-42(34-20-12-10-16-27(29)34)36(15-7-2)31(8-3)39-4;1-2/h6-24H,3-5,25H2,1-2H3;1-2H3/b9-6-,15-7-,32-18-,36-31-;. The summed E-state index contributed by atoms with van der Waals surface area (Å²) in [4.78, 5) is 15.9. The Morgan fingerprint density at radius 3 is 2.33 bits per heavy atom. The van der Waals surface area contributed by atoms with E-state index in [2.05, 4.69) is 106 Å². The average molecular weight is 590 g/mol. The lowest BCUT2D eigenvalue weighted by molar-refractivity contribution is 0.911. The maximum atomic E-state index is 5.07. The molecule has 0 bridgehead atoms. The number of allylic oxidation sites excluding steroid dienone is 6. The molecule has 0 saturated carbocycles. The van der Waals surface area contributed by atoms with Crippen molar-refractivity contribution >= 4 is 46.6 Å². The van der Waals surface area contributed by atoms with E-state index in [1.807, 2.05) is 70.2 Å². The van der Waals surface area contributed by atoms with Crippen LogP contribution in [0.25, 0.3) is 44.4 Å². The Morgan fingerprint density at radius 1 is 0.822 bits per heavy atom. The summed E-state index contributed by atoms with van der Waals surface area (Å²) in [7, 11) is 0. The van der Waals surface area contributed by atoms with Gasteiger partial charge in [0.1, 0.15) is 5.82 Å². The number of aromatic nitrogens is 2. The zero-order valence-corrected chi connectivity index (χ0v) is 26.5. The molecule has 0 amide bonds. The molecule has 0 fully saturated rings. The van der Waals surface area contributed by atoms with Gasteiger partial charge in [-0.3, -0.25) is 14.6 Å². The fraction of sp³-hybridized carbons (Fsp3) is 0.125. The van der Waals surface area contributed by atoms with Crippen LogP contribution in [-0.4, -0.2) is 23.0 Å². The van der Waals surface area contributed by atoms with Crippen LogP contribution in [0.5, 0.6) is 0 Å². The minimum atomic E-state index is 0.667. The molecule has 0 atom stereocenters. The largest absolute Gasteiger partial charge is 0.335 e. The van der Waals surface area contributed by atoms with Crippen LogP contribution >= 0.6 is 0 Å². The Labute approximate surface area is 266 Å². The molecule has 1 aliphatic rings. The SMILES string of the molecule is C=C/C(N=C)=C(\C=C/C)N1Cc2cc3c(cc2-c2ccccc21)c1ccccc1n3-c1cccc(/C(=C/C=C\C)N=C)n1.CC. The highest BCUT2D eigenvalue weighted by atomic mass is 15.2. The molecule has 0 N–H and O–H groups in total. The third kappa shape index (κ3) is 5.61. The smallest absolute Gasteiger partial charge is 0.138 e. The first-order valence-corrected chi connectivity index (χ1v) is 15.3. The first-order valence-electron chi connectivity index (χ1n) is 15.3. The van der Waals surface area contributed by atoms with E-state index < -0.39 is 0 Å². The monoisotopic (exact) mass is 589 g/mol. The molecule has 5 heteroatoms. The third-order valence-corrected chi connectivity index (χ3v) is 7.80. The second-order valence-corrected chi connectivity index (χ2v) is 10.2. The minimum Gasteiger partial charge on any atom is -0.335 e. The van der Waals surface area contributed by atoms with Gasteiger partial charge in [0.2, 0.25) is 0 Å². The van der Waals surface area contributed by atoms with Crippen molar-refractivity contribution in [1.82, 2.24) is 9.55 Å². The van der Waals surface area contributed by atoms with E-state index in [1.165, 1.54) is 27.5 Å². The molecule has 0 aliphatic carbocycles. The van der Waals surface area contributed by atoms with Gasteiger partial charge in [-0.05, 0) is 93.0 Å². The van der Waals surface area contributed by atoms with Gasteiger partial charge >= 0.3 is 0 Å². The molecule has 5 aromatic rings. The molecule has 224 valence electrons. The van der Waals surface area contributed by atoms with Crippen LogP contribution < -0.4 is 4.90 Å². The predicted molar refractivity (Wildman–Crippen MR) is 195 cm³/mol. The summed E-state index contributed by atoms with van der Waals surface area (Å²) in [5, 5.41) is 2.36. The van der Waals surface area contributed by atoms with Gasteiger partial charge in [-0.15, -0.1) is 0 Å². The van der Waals surface area contributed by atoms with E-state index >= 15 is 0 Å². The number of nitrogens with zero attached hydrogens (tertiary/aromatic N) is 5. The van der Waals surface area contributed by atoms with Crippen molar-refractivity contribution in [1.29, 1.82) is 0 Å². The van der Waals surface area contributed by atoms with E-state index in [9.17, 15) is 0 Å². The molecule has 6 rings (SSSR count). The van der Waals surface area contributed by atoms with E-state index in [4.69, 9.17) is 4.98 Å². The molecule has 5 nitrogen and oxygen atoms in total. The lowest BCUT2D eigenvalue weighted by Crippen LogP contribution is -2.26. The van der Waals surface area contributed by atoms with Crippen LogP contribution in [0.1, 0.15) is 39.0 Å². The number of aliphatic imine (C=N–C) groups is 2. The number of rotatable bonds is 8. The van der Waals surface area contributed by atoms with E-state index in [0.717, 1.165) is 45.3 Å². The number of benzene rings is 3. The first-order chi connectivity index (χ1) is 22.1. The summed E-state index contributed by atoms with van der Waals surface area (Å²) in [6.45, 7) is 20.2. The highest BCUT2D eigenvalue weighted by Crippen LogP contribution is 2.45. The van der Waals surface area contributed by atoms with Gasteiger partial charge in [-0.2, -0.15) is 0 Å². The number of hydrogen-bond donors (Lipinski definition) is 0. The Balaban J connectivity index is 0.00000196. The van der Waals surface area contributed by atoms with Crippen molar-refractivity contribution in [2.75, 3.05) is 4.90 Å². The van der Waals surface area contributed by atoms with Gasteiger partial charge in [-0.1, -0.05) is 81.1 Å². The molecule has 0 radical (unpaired) electrons. The van der Waals surface area contributed by atoms with Crippen molar-refractivity contribution in [2.45, 2.75) is 34.2 Å². The Hall–Kier alpha value is -5.55. The molecule has 0 spiro atoms. The number of para-hydroxylation sites is 2. The van der Waals surface area contributed by atoms with Crippen LogP contribution in [-0.2, 0) is 6.54 Å². The van der Waals surface area contributed by atoms with Crippen LogP contribution in [0.3, 0.4) is 0 Å². The highest BCUT2D eigenvalue weighted by Gasteiger charge is 2.27. The normalized spacial score (nSPS) is 13.3. The molecule has 2 aromatic heterocycles. The van der Waals surface area contributed by atoms with Gasteiger partial charge in [-0.25, -0.2) is 4.98 Å². The highest BCUT2D eigenvalue weighted by molar-refractivity contribution is 6.11. The van der Waals surface area contributed by atoms with Crippen molar-refractivity contribution in [3.05, 3.63) is 145 Å². The molecule has 1 aliphatic heterocycles. The summed E-state index contributed by atoms with van der Waals surface area (Å²) in [6, 6.07) is 27.8. The topological polar surface area (TPSA) is 45.8 Å². The average Bonchev–Trinajstić information content (AvgIpc) is 3.42. The zero-order valence-electron chi connectivity index (χ0n) is 26.5. The van der Waals surface area contributed by atoms with Crippen molar-refractivity contribution < 1.29 is 0 Å². The minimum absolute atomic E-state index is 0.667. The summed E-state index contributed by atoms with van der Waals surface area (Å²) >= 11 is 0. The van der Waals surface area contributed by atoms with Gasteiger partial charge in [0, 0.05) is 28.6 Å². The summed E-state index contributed by atoms with van der Waals surface area (Å²) in [5.41, 5.74) is 10.1. The quantitative estimate of drug-likeness (QED) is 0.133. The maximum Gasteiger partial charge on any atom is 0.138 e. The summed E-state index contributed by atoms with van der Waals surface area (Å²) in [6.07, 6.45) is 11.7. The fourth-order valence-corrected chi connectivity index (χ4v) is 5.91. The Kier molecular flexibility index (Phi) is 9.49. The second-order valence-electron chi connectivity index (χ2n) is 10.2. The van der Waals surface area contributed by atoms with E-state index in [-0.39, 0.29) is 0 Å². The molecular weight excluding hydrogens is 550 g/mol. The van der Waals surface area contributed by atoms with Crippen molar-refractivity contribution in [3.63, 3.8) is 0 Å². The predicted octanol–water partition coefficient (Wildman–Crippen LogP) is 10.5. The number of pyridine rings is 1. The van der Waals surface area contributed by atoms with Crippen molar-refractivity contribution in [2.24, 2.45) is 9.98 Å². The summed E-state index contributed by atoms with van der Waals surface area (Å²) in [5.74, 6) is 0.825.